The molecule has 0 rings (SSSR count). The van der Waals surface area contributed by atoms with Crippen LogP contribution in [0.5, 0.6) is 0 Å². The fourth-order valence-corrected chi connectivity index (χ4v) is 1.71. The molecule has 0 bridgehead atoms. The van der Waals surface area contributed by atoms with Gasteiger partial charge in [-0.3, -0.25) is 4.79 Å². The molecule has 0 saturated carbocycles. The van der Waals surface area contributed by atoms with Crippen molar-refractivity contribution in [2.45, 2.75) is 71.3 Å². The fraction of sp³-hybridized carbons (Fsp3) is 0.923. The van der Waals surface area contributed by atoms with Crippen LogP contribution in [0.3, 0.4) is 0 Å². The Kier molecular flexibility index (Phi) is 9.30. The normalized spacial score (nSPS) is 14.7. The minimum Gasteiger partial charge on any atom is -0.481 e. The Balaban J connectivity index is 3.29. The summed E-state index contributed by atoms with van der Waals surface area (Å²) in [6, 6.07) is 0. The van der Waals surface area contributed by atoms with Gasteiger partial charge in [0, 0.05) is 0 Å². The first kappa shape index (κ1) is 15.4. The van der Waals surface area contributed by atoms with Gasteiger partial charge in [0.05, 0.1) is 12.0 Å². The van der Waals surface area contributed by atoms with Gasteiger partial charge >= 0.3 is 5.97 Å². The van der Waals surface area contributed by atoms with Crippen molar-refractivity contribution in [3.8, 4) is 0 Å². The number of aliphatic hydroxyl groups is 1. The molecular formula is C13H26O3. The van der Waals surface area contributed by atoms with Crippen molar-refractivity contribution in [1.29, 1.82) is 0 Å². The lowest BCUT2D eigenvalue weighted by Gasteiger charge is -2.10. The smallest absolute Gasteiger partial charge is 0.306 e. The van der Waals surface area contributed by atoms with E-state index >= 15 is 0 Å². The highest BCUT2D eigenvalue weighted by molar-refractivity contribution is 5.69. The number of carboxylic acid groups (broad SMARTS) is 1. The molecule has 2 unspecified atom stereocenters. The van der Waals surface area contributed by atoms with E-state index < -0.39 is 5.97 Å². The number of carbonyl (C=O) groups is 1. The van der Waals surface area contributed by atoms with Crippen LogP contribution in [0, 0.1) is 5.92 Å². The molecular weight excluding hydrogens is 204 g/mol. The first-order chi connectivity index (χ1) is 7.57. The molecule has 0 fully saturated rings. The molecule has 0 aromatic rings. The van der Waals surface area contributed by atoms with Crippen LogP contribution < -0.4 is 0 Å². The van der Waals surface area contributed by atoms with E-state index in [4.69, 9.17) is 5.11 Å². The van der Waals surface area contributed by atoms with Gasteiger partial charge in [-0.15, -0.1) is 0 Å². The molecule has 0 amide bonds. The molecule has 16 heavy (non-hydrogen) atoms. The van der Waals surface area contributed by atoms with Crippen molar-refractivity contribution in [2.24, 2.45) is 5.92 Å². The zero-order valence-electron chi connectivity index (χ0n) is 10.6. The Labute approximate surface area is 98.9 Å². The average Bonchev–Trinajstić information content (AvgIpc) is 2.25. The maximum absolute atomic E-state index is 10.5. The predicted molar refractivity (Wildman–Crippen MR) is 65.4 cm³/mol. The quantitative estimate of drug-likeness (QED) is 0.567. The second-order valence-electron chi connectivity index (χ2n) is 4.67. The number of rotatable bonds is 10. The minimum absolute atomic E-state index is 0.156. The minimum atomic E-state index is -0.706. The van der Waals surface area contributed by atoms with E-state index in [1.807, 2.05) is 0 Å². The summed E-state index contributed by atoms with van der Waals surface area (Å²) in [7, 11) is 0. The molecule has 0 heterocycles. The largest absolute Gasteiger partial charge is 0.481 e. The molecule has 0 aliphatic rings. The highest BCUT2D eigenvalue weighted by Crippen LogP contribution is 2.13. The van der Waals surface area contributed by atoms with Crippen molar-refractivity contribution in [3.05, 3.63) is 0 Å². The topological polar surface area (TPSA) is 57.5 Å². The first-order valence-corrected chi connectivity index (χ1v) is 6.48. The Morgan fingerprint density at radius 3 is 2.19 bits per heavy atom. The number of unbranched alkanes of at least 4 members (excludes halogenated alkanes) is 3. The van der Waals surface area contributed by atoms with Gasteiger partial charge in [-0.2, -0.15) is 0 Å². The van der Waals surface area contributed by atoms with Crippen LogP contribution in [-0.2, 0) is 4.79 Å². The zero-order valence-corrected chi connectivity index (χ0v) is 10.6. The summed E-state index contributed by atoms with van der Waals surface area (Å²) >= 11 is 0. The molecule has 0 aromatic carbocycles. The van der Waals surface area contributed by atoms with Crippen molar-refractivity contribution in [3.63, 3.8) is 0 Å². The summed E-state index contributed by atoms with van der Waals surface area (Å²) in [6.45, 7) is 3.87. The van der Waals surface area contributed by atoms with Crippen LogP contribution in [0.25, 0.3) is 0 Å². The number of aliphatic carboxylic acids is 1. The molecule has 2 N–H and O–H groups in total. The Morgan fingerprint density at radius 1 is 1.06 bits per heavy atom. The number of carboxylic acids is 1. The van der Waals surface area contributed by atoms with Crippen LogP contribution >= 0.6 is 0 Å². The number of hydrogen-bond donors (Lipinski definition) is 2. The maximum Gasteiger partial charge on any atom is 0.306 e. The Morgan fingerprint density at radius 2 is 1.62 bits per heavy atom. The monoisotopic (exact) mass is 230 g/mol. The molecule has 0 aliphatic heterocycles. The van der Waals surface area contributed by atoms with E-state index in [1.54, 1.807) is 6.92 Å². The van der Waals surface area contributed by atoms with Crippen LogP contribution in [0.15, 0.2) is 0 Å². The van der Waals surface area contributed by atoms with Crippen LogP contribution in [0.1, 0.15) is 65.2 Å². The van der Waals surface area contributed by atoms with Gasteiger partial charge in [-0.1, -0.05) is 46.0 Å². The molecule has 0 aromatic heterocycles. The number of hydrogen-bond acceptors (Lipinski definition) is 2. The van der Waals surface area contributed by atoms with Gasteiger partial charge in [0.15, 0.2) is 0 Å². The molecule has 3 heteroatoms. The van der Waals surface area contributed by atoms with Gasteiger partial charge in [0.1, 0.15) is 0 Å². The molecule has 2 atom stereocenters. The molecule has 0 aliphatic carbocycles. The predicted octanol–water partition coefficient (Wildman–Crippen LogP) is 3.21. The third-order valence-corrected chi connectivity index (χ3v) is 2.99. The summed E-state index contributed by atoms with van der Waals surface area (Å²) in [6.07, 6.45) is 7.58. The van der Waals surface area contributed by atoms with E-state index in [0.29, 0.717) is 0 Å². The van der Waals surface area contributed by atoms with Crippen LogP contribution in [-0.4, -0.2) is 22.3 Å². The molecule has 0 saturated heterocycles. The maximum atomic E-state index is 10.5. The average molecular weight is 230 g/mol. The van der Waals surface area contributed by atoms with Crippen molar-refractivity contribution < 1.29 is 15.0 Å². The second-order valence-corrected chi connectivity index (χ2v) is 4.67. The summed E-state index contributed by atoms with van der Waals surface area (Å²) in [5, 5.41) is 18.3. The highest BCUT2D eigenvalue weighted by atomic mass is 16.4. The van der Waals surface area contributed by atoms with Crippen LogP contribution in [0.2, 0.25) is 0 Å². The Bertz CT molecular complexity index is 180. The van der Waals surface area contributed by atoms with Gasteiger partial charge in [0.25, 0.3) is 0 Å². The Hall–Kier alpha value is -0.570. The third-order valence-electron chi connectivity index (χ3n) is 2.99. The van der Waals surface area contributed by atoms with Crippen molar-refractivity contribution >= 4 is 5.97 Å². The summed E-state index contributed by atoms with van der Waals surface area (Å²) in [5.74, 6) is -0.937. The summed E-state index contributed by atoms with van der Waals surface area (Å²) in [4.78, 5) is 10.5. The molecule has 0 radical (unpaired) electrons. The van der Waals surface area contributed by atoms with Crippen LogP contribution in [0.4, 0.5) is 0 Å². The molecule has 96 valence electrons. The SMILES string of the molecule is CCCCC(O)CCCCCC(C)C(=O)O. The van der Waals surface area contributed by atoms with E-state index in [9.17, 15) is 9.90 Å². The van der Waals surface area contributed by atoms with Gasteiger partial charge in [-0.05, 0) is 19.3 Å². The second kappa shape index (κ2) is 9.64. The lowest BCUT2D eigenvalue weighted by molar-refractivity contribution is -0.141. The van der Waals surface area contributed by atoms with E-state index in [0.717, 1.165) is 51.4 Å². The van der Waals surface area contributed by atoms with Crippen molar-refractivity contribution in [1.82, 2.24) is 0 Å². The molecule has 3 nitrogen and oxygen atoms in total. The standard InChI is InChI=1S/C13H26O3/c1-3-4-9-12(14)10-7-5-6-8-11(2)13(15)16/h11-12,14H,3-10H2,1-2H3,(H,15,16). The highest BCUT2D eigenvalue weighted by Gasteiger charge is 2.09. The molecule has 0 spiro atoms. The van der Waals surface area contributed by atoms with Crippen molar-refractivity contribution in [2.75, 3.05) is 0 Å². The van der Waals surface area contributed by atoms with E-state index in [2.05, 4.69) is 6.92 Å². The lowest BCUT2D eigenvalue weighted by atomic mass is 10.0. The van der Waals surface area contributed by atoms with E-state index in [1.165, 1.54) is 0 Å². The third kappa shape index (κ3) is 8.72. The lowest BCUT2D eigenvalue weighted by Crippen LogP contribution is -2.09. The zero-order chi connectivity index (χ0) is 12.4. The fourth-order valence-electron chi connectivity index (χ4n) is 1.71. The number of aliphatic hydroxyl groups excluding tert-OH is 1. The summed E-state index contributed by atoms with van der Waals surface area (Å²) in [5.41, 5.74) is 0. The van der Waals surface area contributed by atoms with Gasteiger partial charge < -0.3 is 10.2 Å². The van der Waals surface area contributed by atoms with Gasteiger partial charge in [0.2, 0.25) is 0 Å². The summed E-state index contributed by atoms with van der Waals surface area (Å²) < 4.78 is 0. The van der Waals surface area contributed by atoms with E-state index in [-0.39, 0.29) is 12.0 Å². The first-order valence-electron chi connectivity index (χ1n) is 6.48. The van der Waals surface area contributed by atoms with Gasteiger partial charge in [-0.25, -0.2) is 0 Å².